The van der Waals surface area contributed by atoms with E-state index in [4.69, 9.17) is 5.11 Å². The lowest BCUT2D eigenvalue weighted by molar-refractivity contribution is -0.153. The van der Waals surface area contributed by atoms with Crippen LogP contribution in [-0.2, 0) is 4.79 Å². The fraction of sp³-hybridized carbons (Fsp3) is 0.833. The summed E-state index contributed by atoms with van der Waals surface area (Å²) in [5, 5.41) is 11.9. The Morgan fingerprint density at radius 2 is 2.06 bits per heavy atom. The Hall–Kier alpha value is -1.26. The van der Waals surface area contributed by atoms with E-state index < -0.39 is 11.4 Å². The second-order valence-corrected chi connectivity index (χ2v) is 5.11. The summed E-state index contributed by atoms with van der Waals surface area (Å²) in [7, 11) is 0. The maximum absolute atomic E-state index is 11.9. The first-order valence-electron chi connectivity index (χ1n) is 6.37. The second-order valence-electron chi connectivity index (χ2n) is 5.11. The van der Waals surface area contributed by atoms with Gasteiger partial charge in [-0.25, -0.2) is 4.79 Å². The summed E-state index contributed by atoms with van der Waals surface area (Å²) in [6, 6.07) is 0.268. The van der Waals surface area contributed by atoms with Crippen LogP contribution in [-0.4, -0.2) is 41.1 Å². The number of rotatable bonds is 5. The van der Waals surface area contributed by atoms with Crippen LogP contribution in [0.5, 0.6) is 0 Å². The van der Waals surface area contributed by atoms with Crippen molar-refractivity contribution in [2.24, 2.45) is 5.41 Å². The van der Waals surface area contributed by atoms with Gasteiger partial charge in [0.25, 0.3) is 0 Å². The first-order chi connectivity index (χ1) is 8.09. The molecule has 96 valence electrons. The van der Waals surface area contributed by atoms with Gasteiger partial charge in [0.1, 0.15) is 0 Å². The van der Waals surface area contributed by atoms with E-state index in [9.17, 15) is 9.59 Å². The predicted octanol–water partition coefficient (Wildman–Crippen LogP) is 1.44. The Balaban J connectivity index is 1.84. The van der Waals surface area contributed by atoms with E-state index in [-0.39, 0.29) is 12.6 Å². The van der Waals surface area contributed by atoms with Crippen molar-refractivity contribution in [2.45, 2.75) is 45.1 Å². The molecule has 0 radical (unpaired) electrons. The zero-order valence-corrected chi connectivity index (χ0v) is 10.2. The molecule has 5 heteroatoms. The van der Waals surface area contributed by atoms with Gasteiger partial charge in [-0.2, -0.15) is 0 Å². The highest BCUT2D eigenvalue weighted by Crippen LogP contribution is 2.40. The first-order valence-corrected chi connectivity index (χ1v) is 6.37. The molecule has 2 aliphatic rings. The van der Waals surface area contributed by atoms with Gasteiger partial charge < -0.3 is 15.3 Å². The van der Waals surface area contributed by atoms with Gasteiger partial charge in [-0.3, -0.25) is 4.79 Å². The van der Waals surface area contributed by atoms with Crippen LogP contribution in [0.3, 0.4) is 0 Å². The molecule has 5 nitrogen and oxygen atoms in total. The number of carbonyl (C=O) groups excluding carboxylic acids is 1. The number of carboxylic acid groups (broad SMARTS) is 1. The predicted molar refractivity (Wildman–Crippen MR) is 62.7 cm³/mol. The fourth-order valence-corrected chi connectivity index (χ4v) is 2.37. The Morgan fingerprint density at radius 3 is 2.41 bits per heavy atom. The Bertz CT molecular complexity index is 322. The molecule has 0 aromatic carbocycles. The number of nitrogens with zero attached hydrogens (tertiary/aromatic N) is 1. The third-order valence-corrected chi connectivity index (χ3v) is 3.93. The molecule has 17 heavy (non-hydrogen) atoms. The Kier molecular flexibility index (Phi) is 3.26. The maximum Gasteiger partial charge on any atom is 0.317 e. The molecule has 0 aromatic heterocycles. The summed E-state index contributed by atoms with van der Waals surface area (Å²) in [4.78, 5) is 24.8. The summed E-state index contributed by atoms with van der Waals surface area (Å²) in [5.74, 6) is -0.779. The number of carbonyl (C=O) groups is 2. The van der Waals surface area contributed by atoms with Gasteiger partial charge in [0.05, 0.1) is 5.41 Å². The molecule has 2 N–H and O–H groups in total. The molecule has 0 atom stereocenters. The van der Waals surface area contributed by atoms with Gasteiger partial charge in [0.15, 0.2) is 0 Å². The number of urea groups is 1. The van der Waals surface area contributed by atoms with E-state index in [1.807, 2.05) is 6.92 Å². The van der Waals surface area contributed by atoms with Crippen LogP contribution in [0.15, 0.2) is 0 Å². The summed E-state index contributed by atoms with van der Waals surface area (Å²) in [6.07, 6.45) is 4.45. The van der Waals surface area contributed by atoms with E-state index in [2.05, 4.69) is 5.32 Å². The van der Waals surface area contributed by atoms with Gasteiger partial charge in [0, 0.05) is 19.1 Å². The minimum atomic E-state index is -0.779. The van der Waals surface area contributed by atoms with Crippen molar-refractivity contribution in [1.29, 1.82) is 0 Å². The van der Waals surface area contributed by atoms with E-state index in [0.29, 0.717) is 25.4 Å². The van der Waals surface area contributed by atoms with E-state index >= 15 is 0 Å². The SMILES string of the molecule is CCN(C(=O)NCC1(C(=O)O)CCC1)C1CC1. The number of aliphatic carboxylic acids is 1. The van der Waals surface area contributed by atoms with Crippen LogP contribution < -0.4 is 5.32 Å². The highest BCUT2D eigenvalue weighted by Gasteiger charge is 2.45. The minimum Gasteiger partial charge on any atom is -0.481 e. The molecule has 2 fully saturated rings. The number of hydrogen-bond donors (Lipinski definition) is 2. The zero-order valence-electron chi connectivity index (χ0n) is 10.2. The number of nitrogens with one attached hydrogen (secondary N) is 1. The lowest BCUT2D eigenvalue weighted by Crippen LogP contribution is -2.51. The van der Waals surface area contributed by atoms with Crippen molar-refractivity contribution >= 4 is 12.0 Å². The van der Waals surface area contributed by atoms with Crippen LogP contribution in [0.25, 0.3) is 0 Å². The van der Waals surface area contributed by atoms with E-state index in [1.54, 1.807) is 4.90 Å². The quantitative estimate of drug-likeness (QED) is 0.764. The minimum absolute atomic E-state index is 0.109. The van der Waals surface area contributed by atoms with Crippen molar-refractivity contribution in [3.63, 3.8) is 0 Å². The summed E-state index contributed by atoms with van der Waals surface area (Å²) in [5.41, 5.74) is -0.696. The average Bonchev–Trinajstić information content (AvgIpc) is 3.00. The lowest BCUT2D eigenvalue weighted by atomic mass is 9.69. The Labute approximate surface area is 101 Å². The van der Waals surface area contributed by atoms with Crippen LogP contribution in [0.2, 0.25) is 0 Å². The normalized spacial score (nSPS) is 21.5. The molecular formula is C12H20N2O3. The molecule has 0 saturated heterocycles. The molecule has 0 spiro atoms. The molecular weight excluding hydrogens is 220 g/mol. The maximum atomic E-state index is 11.9. The molecule has 2 amide bonds. The number of hydrogen-bond acceptors (Lipinski definition) is 2. The molecule has 0 unspecified atom stereocenters. The second kappa shape index (κ2) is 4.55. The number of amides is 2. The molecule has 2 rings (SSSR count). The summed E-state index contributed by atoms with van der Waals surface area (Å²) in [6.45, 7) is 2.91. The van der Waals surface area contributed by atoms with Crippen molar-refractivity contribution in [1.82, 2.24) is 10.2 Å². The van der Waals surface area contributed by atoms with Crippen molar-refractivity contribution < 1.29 is 14.7 Å². The summed E-state index contributed by atoms with van der Waals surface area (Å²) < 4.78 is 0. The molecule has 0 aliphatic heterocycles. The van der Waals surface area contributed by atoms with Crippen LogP contribution in [0.1, 0.15) is 39.0 Å². The molecule has 2 aliphatic carbocycles. The van der Waals surface area contributed by atoms with Gasteiger partial charge >= 0.3 is 12.0 Å². The zero-order chi connectivity index (χ0) is 12.5. The van der Waals surface area contributed by atoms with Crippen molar-refractivity contribution in [2.75, 3.05) is 13.1 Å². The number of carboxylic acids is 1. The Morgan fingerprint density at radius 1 is 1.41 bits per heavy atom. The lowest BCUT2D eigenvalue weighted by Gasteiger charge is -2.38. The summed E-state index contributed by atoms with van der Waals surface area (Å²) >= 11 is 0. The van der Waals surface area contributed by atoms with Crippen LogP contribution in [0.4, 0.5) is 4.79 Å². The van der Waals surface area contributed by atoms with Crippen molar-refractivity contribution in [3.8, 4) is 0 Å². The van der Waals surface area contributed by atoms with Gasteiger partial charge in [-0.05, 0) is 32.6 Å². The average molecular weight is 240 g/mol. The topological polar surface area (TPSA) is 69.6 Å². The standard InChI is InChI=1S/C12H20N2O3/c1-2-14(9-4-5-9)11(17)13-8-12(10(15)16)6-3-7-12/h9H,2-8H2,1H3,(H,13,17)(H,15,16). The van der Waals surface area contributed by atoms with Crippen LogP contribution in [0, 0.1) is 5.41 Å². The monoisotopic (exact) mass is 240 g/mol. The van der Waals surface area contributed by atoms with Gasteiger partial charge in [-0.15, -0.1) is 0 Å². The molecule has 0 heterocycles. The third-order valence-electron chi connectivity index (χ3n) is 3.93. The first kappa shape index (κ1) is 12.2. The third kappa shape index (κ3) is 2.37. The smallest absolute Gasteiger partial charge is 0.317 e. The highest BCUT2D eigenvalue weighted by atomic mass is 16.4. The fourth-order valence-electron chi connectivity index (χ4n) is 2.37. The van der Waals surface area contributed by atoms with E-state index in [1.165, 1.54) is 0 Å². The van der Waals surface area contributed by atoms with Gasteiger partial charge in [0.2, 0.25) is 0 Å². The molecule has 2 saturated carbocycles. The van der Waals surface area contributed by atoms with Crippen molar-refractivity contribution in [3.05, 3.63) is 0 Å². The molecule has 0 aromatic rings. The molecule has 0 bridgehead atoms. The van der Waals surface area contributed by atoms with Crippen LogP contribution >= 0.6 is 0 Å². The largest absolute Gasteiger partial charge is 0.481 e. The highest BCUT2D eigenvalue weighted by molar-refractivity contribution is 5.79. The van der Waals surface area contributed by atoms with Gasteiger partial charge in [-0.1, -0.05) is 6.42 Å². The van der Waals surface area contributed by atoms with E-state index in [0.717, 1.165) is 19.3 Å².